The van der Waals surface area contributed by atoms with Gasteiger partial charge in [0, 0.05) is 4.47 Å². The Hall–Kier alpha value is -1.79. The minimum Gasteiger partial charge on any atom is -0.377 e. The third-order valence-corrected chi connectivity index (χ3v) is 4.72. The third-order valence-electron chi connectivity index (χ3n) is 4.22. The fourth-order valence-electron chi connectivity index (χ4n) is 3.08. The summed E-state index contributed by atoms with van der Waals surface area (Å²) in [4.78, 5) is 0. The molecule has 0 saturated heterocycles. The minimum absolute atomic E-state index is 0.283. The average molecular weight is 341 g/mol. The summed E-state index contributed by atoms with van der Waals surface area (Å²) in [5.41, 5.74) is 4.38. The number of rotatable bonds is 2. The molecular formula is C18H17BrN2. The van der Waals surface area contributed by atoms with Gasteiger partial charge in [-0.1, -0.05) is 47.1 Å². The Bertz CT molecular complexity index is 703. The highest BCUT2D eigenvalue weighted by atomic mass is 79.9. The number of anilines is 1. The fourth-order valence-corrected chi connectivity index (χ4v) is 3.44. The molecule has 0 aromatic heterocycles. The zero-order chi connectivity index (χ0) is 14.8. The first kappa shape index (κ1) is 14.2. The predicted octanol–water partition coefficient (Wildman–Crippen LogP) is 5.37. The number of halogens is 1. The number of benzene rings is 2. The van der Waals surface area contributed by atoms with Crippen LogP contribution in [0.4, 0.5) is 5.69 Å². The summed E-state index contributed by atoms with van der Waals surface area (Å²) in [6.45, 7) is 2.29. The summed E-state index contributed by atoms with van der Waals surface area (Å²) in [5, 5.41) is 12.9. The van der Waals surface area contributed by atoms with E-state index in [-0.39, 0.29) is 6.04 Å². The maximum atomic E-state index is 9.30. The number of hydrogen-bond acceptors (Lipinski definition) is 2. The van der Waals surface area contributed by atoms with E-state index in [0.29, 0.717) is 11.5 Å². The van der Waals surface area contributed by atoms with Crippen LogP contribution in [0.3, 0.4) is 0 Å². The molecule has 0 amide bonds. The molecule has 1 aliphatic rings. The van der Waals surface area contributed by atoms with Crippen molar-refractivity contribution < 1.29 is 0 Å². The molecule has 2 nitrogen and oxygen atoms in total. The van der Waals surface area contributed by atoms with Crippen molar-refractivity contribution in [1.29, 1.82) is 5.26 Å². The van der Waals surface area contributed by atoms with E-state index >= 15 is 0 Å². The molecule has 2 unspecified atom stereocenters. The van der Waals surface area contributed by atoms with E-state index < -0.39 is 0 Å². The van der Waals surface area contributed by atoms with Crippen LogP contribution in [0, 0.1) is 11.3 Å². The summed E-state index contributed by atoms with van der Waals surface area (Å²) in [6, 6.07) is 17.0. The van der Waals surface area contributed by atoms with Crippen LogP contribution in [-0.4, -0.2) is 0 Å². The van der Waals surface area contributed by atoms with Crippen molar-refractivity contribution in [3.05, 3.63) is 63.6 Å². The lowest BCUT2D eigenvalue weighted by Crippen LogP contribution is -2.19. The van der Waals surface area contributed by atoms with E-state index in [1.165, 1.54) is 17.5 Å². The molecule has 0 spiro atoms. The minimum atomic E-state index is 0.283. The van der Waals surface area contributed by atoms with Crippen molar-refractivity contribution in [2.45, 2.75) is 31.7 Å². The SMILES string of the molecule is CC1CCC(Nc2ccc(Br)cc2C#N)c2ccccc21. The van der Waals surface area contributed by atoms with E-state index in [4.69, 9.17) is 0 Å². The van der Waals surface area contributed by atoms with E-state index in [1.54, 1.807) is 0 Å². The second kappa shape index (κ2) is 5.91. The summed E-state index contributed by atoms with van der Waals surface area (Å²) in [6.07, 6.45) is 2.27. The summed E-state index contributed by atoms with van der Waals surface area (Å²) >= 11 is 3.42. The molecule has 3 rings (SSSR count). The van der Waals surface area contributed by atoms with Crippen molar-refractivity contribution in [1.82, 2.24) is 0 Å². The Labute approximate surface area is 133 Å². The van der Waals surface area contributed by atoms with Gasteiger partial charge in [-0.25, -0.2) is 0 Å². The largest absolute Gasteiger partial charge is 0.377 e. The lowest BCUT2D eigenvalue weighted by Gasteiger charge is -2.31. The summed E-state index contributed by atoms with van der Waals surface area (Å²) < 4.78 is 0.933. The molecule has 0 fully saturated rings. The van der Waals surface area contributed by atoms with Gasteiger partial charge in [0.1, 0.15) is 6.07 Å². The van der Waals surface area contributed by atoms with Crippen LogP contribution in [-0.2, 0) is 0 Å². The molecule has 3 heteroatoms. The Morgan fingerprint density at radius 1 is 1.14 bits per heavy atom. The highest BCUT2D eigenvalue weighted by molar-refractivity contribution is 9.10. The van der Waals surface area contributed by atoms with Gasteiger partial charge in [-0.2, -0.15) is 5.26 Å². The predicted molar refractivity (Wildman–Crippen MR) is 89.3 cm³/mol. The zero-order valence-electron chi connectivity index (χ0n) is 11.9. The standard InChI is InChI=1S/C18H17BrN2/c1-12-6-8-18(16-5-3-2-4-15(12)16)21-17-9-7-14(19)10-13(17)11-20/h2-5,7,9-10,12,18,21H,6,8H2,1H3. The van der Waals surface area contributed by atoms with Crippen molar-refractivity contribution in [3.63, 3.8) is 0 Å². The smallest absolute Gasteiger partial charge is 0.101 e. The molecule has 1 N–H and O–H groups in total. The lowest BCUT2D eigenvalue weighted by atomic mass is 9.81. The topological polar surface area (TPSA) is 35.8 Å². The molecule has 1 aliphatic carbocycles. The van der Waals surface area contributed by atoms with Gasteiger partial charge in [0.15, 0.2) is 0 Å². The molecule has 0 bridgehead atoms. The van der Waals surface area contributed by atoms with Gasteiger partial charge < -0.3 is 5.32 Å². The number of nitrogens with one attached hydrogen (secondary N) is 1. The van der Waals surface area contributed by atoms with E-state index in [9.17, 15) is 5.26 Å². The molecule has 106 valence electrons. The molecule has 2 aromatic carbocycles. The van der Waals surface area contributed by atoms with Crippen LogP contribution < -0.4 is 5.32 Å². The molecule has 0 heterocycles. The van der Waals surface area contributed by atoms with Crippen molar-refractivity contribution in [2.75, 3.05) is 5.32 Å². The third kappa shape index (κ3) is 2.82. The maximum absolute atomic E-state index is 9.30. The molecule has 2 atom stereocenters. The van der Waals surface area contributed by atoms with Crippen LogP contribution >= 0.6 is 15.9 Å². The molecule has 2 aromatic rings. The Morgan fingerprint density at radius 3 is 2.67 bits per heavy atom. The second-order valence-electron chi connectivity index (χ2n) is 5.61. The molecule has 0 aliphatic heterocycles. The Kier molecular flexibility index (Phi) is 3.98. The lowest BCUT2D eigenvalue weighted by molar-refractivity contribution is 0.534. The zero-order valence-corrected chi connectivity index (χ0v) is 13.5. The van der Waals surface area contributed by atoms with Gasteiger partial charge in [-0.15, -0.1) is 0 Å². The second-order valence-corrected chi connectivity index (χ2v) is 6.52. The number of fused-ring (bicyclic) bond motifs is 1. The number of hydrogen-bond donors (Lipinski definition) is 1. The highest BCUT2D eigenvalue weighted by Crippen LogP contribution is 2.39. The van der Waals surface area contributed by atoms with Crippen LogP contribution in [0.25, 0.3) is 0 Å². The van der Waals surface area contributed by atoms with Gasteiger partial charge in [0.05, 0.1) is 17.3 Å². The van der Waals surface area contributed by atoms with Gasteiger partial charge in [0.25, 0.3) is 0 Å². The van der Waals surface area contributed by atoms with Crippen LogP contribution in [0.5, 0.6) is 0 Å². The van der Waals surface area contributed by atoms with Crippen LogP contribution in [0.2, 0.25) is 0 Å². The highest BCUT2D eigenvalue weighted by Gasteiger charge is 2.24. The van der Waals surface area contributed by atoms with Gasteiger partial charge in [0.2, 0.25) is 0 Å². The average Bonchev–Trinajstić information content (AvgIpc) is 2.52. The Balaban J connectivity index is 1.93. The van der Waals surface area contributed by atoms with E-state index in [2.05, 4.69) is 58.5 Å². The van der Waals surface area contributed by atoms with Crippen molar-refractivity contribution in [2.24, 2.45) is 0 Å². The van der Waals surface area contributed by atoms with Crippen molar-refractivity contribution >= 4 is 21.6 Å². The van der Waals surface area contributed by atoms with E-state index in [0.717, 1.165) is 16.6 Å². The molecule has 0 saturated carbocycles. The molecule has 0 radical (unpaired) electrons. The van der Waals surface area contributed by atoms with Gasteiger partial charge in [-0.3, -0.25) is 0 Å². The van der Waals surface area contributed by atoms with Gasteiger partial charge in [-0.05, 0) is 48.1 Å². The van der Waals surface area contributed by atoms with E-state index in [1.807, 2.05) is 18.2 Å². The molecular weight excluding hydrogens is 324 g/mol. The van der Waals surface area contributed by atoms with Crippen molar-refractivity contribution in [3.8, 4) is 6.07 Å². The first-order chi connectivity index (χ1) is 10.2. The normalized spacial score (nSPS) is 20.4. The number of nitrogens with zero attached hydrogens (tertiary/aromatic N) is 1. The first-order valence-corrected chi connectivity index (χ1v) is 8.03. The monoisotopic (exact) mass is 340 g/mol. The van der Waals surface area contributed by atoms with Gasteiger partial charge >= 0.3 is 0 Å². The summed E-state index contributed by atoms with van der Waals surface area (Å²) in [7, 11) is 0. The molecule has 21 heavy (non-hydrogen) atoms. The first-order valence-electron chi connectivity index (χ1n) is 7.24. The summed E-state index contributed by atoms with van der Waals surface area (Å²) in [5.74, 6) is 0.611. The fraction of sp³-hybridized carbons (Fsp3) is 0.278. The Morgan fingerprint density at radius 2 is 1.90 bits per heavy atom. The maximum Gasteiger partial charge on any atom is 0.101 e. The quantitative estimate of drug-likeness (QED) is 0.797. The van der Waals surface area contributed by atoms with Crippen LogP contribution in [0.1, 0.15) is 48.4 Å². The van der Waals surface area contributed by atoms with Crippen LogP contribution in [0.15, 0.2) is 46.9 Å². The number of nitriles is 1.